The van der Waals surface area contributed by atoms with Crippen molar-refractivity contribution >= 4 is 44.8 Å². The zero-order chi connectivity index (χ0) is 15.4. The summed E-state index contributed by atoms with van der Waals surface area (Å²) < 4.78 is 20.1. The molecule has 2 rings (SSSR count). The zero-order valence-electron chi connectivity index (χ0n) is 11.2. The quantitative estimate of drug-likeness (QED) is 0.683. The first-order valence-electron chi connectivity index (χ1n) is 6.31. The van der Waals surface area contributed by atoms with E-state index in [0.717, 1.165) is 4.47 Å². The summed E-state index contributed by atoms with van der Waals surface area (Å²) >= 11 is 15.5. The number of rotatable bonds is 5. The minimum Gasteiger partial charge on any atom is -0.491 e. The topological polar surface area (TPSA) is 21.3 Å². The van der Waals surface area contributed by atoms with E-state index in [1.807, 2.05) is 6.92 Å². The van der Waals surface area contributed by atoms with Crippen molar-refractivity contribution in [2.45, 2.75) is 13.5 Å². The molecule has 0 atom stereocenters. The molecule has 0 amide bonds. The molecule has 0 bridgehead atoms. The molecular formula is C15H13BrCl2FNO. The average molecular weight is 393 g/mol. The SMILES string of the molecule is CCOc1c(Br)cc(Cl)cc1NCc1c(F)cccc1Cl. The number of halogens is 4. The van der Waals surface area contributed by atoms with Crippen LogP contribution in [0.4, 0.5) is 10.1 Å². The monoisotopic (exact) mass is 391 g/mol. The van der Waals surface area contributed by atoms with Crippen LogP contribution in [0.15, 0.2) is 34.8 Å². The predicted molar refractivity (Wildman–Crippen MR) is 89.1 cm³/mol. The summed E-state index contributed by atoms with van der Waals surface area (Å²) in [4.78, 5) is 0. The fourth-order valence-corrected chi connectivity index (χ4v) is 3.02. The van der Waals surface area contributed by atoms with Gasteiger partial charge in [-0.3, -0.25) is 0 Å². The van der Waals surface area contributed by atoms with Gasteiger partial charge in [0.05, 0.1) is 16.8 Å². The third-order valence-corrected chi connectivity index (χ3v) is 3.98. The number of hydrogen-bond donors (Lipinski definition) is 1. The third kappa shape index (κ3) is 4.02. The fourth-order valence-electron chi connectivity index (χ4n) is 1.87. The molecule has 112 valence electrons. The van der Waals surface area contributed by atoms with Gasteiger partial charge in [0.15, 0.2) is 5.75 Å². The second-order valence-electron chi connectivity index (χ2n) is 4.25. The summed E-state index contributed by atoms with van der Waals surface area (Å²) in [5.41, 5.74) is 1.08. The highest BCUT2D eigenvalue weighted by Crippen LogP contribution is 2.37. The molecule has 0 saturated carbocycles. The summed E-state index contributed by atoms with van der Waals surface area (Å²) in [6.45, 7) is 2.63. The molecule has 6 heteroatoms. The smallest absolute Gasteiger partial charge is 0.156 e. The Morgan fingerprint density at radius 2 is 2.05 bits per heavy atom. The highest BCUT2D eigenvalue weighted by atomic mass is 79.9. The van der Waals surface area contributed by atoms with Gasteiger partial charge in [-0.05, 0) is 47.1 Å². The summed E-state index contributed by atoms with van der Waals surface area (Å²) in [5.74, 6) is 0.281. The van der Waals surface area contributed by atoms with Gasteiger partial charge in [0.25, 0.3) is 0 Å². The van der Waals surface area contributed by atoms with E-state index in [0.29, 0.717) is 33.7 Å². The molecule has 0 aliphatic rings. The van der Waals surface area contributed by atoms with Gasteiger partial charge in [-0.15, -0.1) is 0 Å². The standard InChI is InChI=1S/C15H13BrCl2FNO/c1-2-21-15-11(16)6-9(17)7-14(15)20-8-10-12(18)4-3-5-13(10)19/h3-7,20H,2,8H2,1H3. The maximum atomic E-state index is 13.8. The van der Waals surface area contributed by atoms with Crippen molar-refractivity contribution in [1.82, 2.24) is 0 Å². The number of anilines is 1. The molecular weight excluding hydrogens is 380 g/mol. The van der Waals surface area contributed by atoms with E-state index in [2.05, 4.69) is 21.2 Å². The number of nitrogens with one attached hydrogen (secondary N) is 1. The predicted octanol–water partition coefficient (Wildman–Crippen LogP) is 5.91. The van der Waals surface area contributed by atoms with E-state index in [-0.39, 0.29) is 12.4 Å². The highest BCUT2D eigenvalue weighted by molar-refractivity contribution is 9.10. The average Bonchev–Trinajstić information content (AvgIpc) is 2.42. The molecule has 0 aliphatic heterocycles. The Morgan fingerprint density at radius 3 is 2.71 bits per heavy atom. The lowest BCUT2D eigenvalue weighted by atomic mass is 10.2. The Bertz CT molecular complexity index is 632. The van der Waals surface area contributed by atoms with Gasteiger partial charge < -0.3 is 10.1 Å². The van der Waals surface area contributed by atoms with E-state index >= 15 is 0 Å². The highest BCUT2D eigenvalue weighted by Gasteiger charge is 2.12. The van der Waals surface area contributed by atoms with E-state index in [1.54, 1.807) is 24.3 Å². The van der Waals surface area contributed by atoms with Crippen molar-refractivity contribution in [2.75, 3.05) is 11.9 Å². The lowest BCUT2D eigenvalue weighted by Gasteiger charge is -2.15. The first-order valence-corrected chi connectivity index (χ1v) is 7.86. The number of ether oxygens (including phenoxy) is 1. The zero-order valence-corrected chi connectivity index (χ0v) is 14.3. The molecule has 0 spiro atoms. The molecule has 0 fully saturated rings. The van der Waals surface area contributed by atoms with Crippen LogP contribution in [0, 0.1) is 5.82 Å². The summed E-state index contributed by atoms with van der Waals surface area (Å²) in [6.07, 6.45) is 0. The summed E-state index contributed by atoms with van der Waals surface area (Å²) in [6, 6.07) is 8.07. The lowest BCUT2D eigenvalue weighted by Crippen LogP contribution is -2.05. The van der Waals surface area contributed by atoms with Crippen LogP contribution in [-0.2, 0) is 6.54 Å². The Kier molecular flexibility index (Phi) is 5.73. The van der Waals surface area contributed by atoms with E-state index < -0.39 is 0 Å². The lowest BCUT2D eigenvalue weighted by molar-refractivity contribution is 0.339. The van der Waals surface area contributed by atoms with Crippen LogP contribution in [-0.4, -0.2) is 6.61 Å². The van der Waals surface area contributed by atoms with Crippen LogP contribution in [0.25, 0.3) is 0 Å². The summed E-state index contributed by atoms with van der Waals surface area (Å²) in [7, 11) is 0. The molecule has 0 aliphatic carbocycles. The van der Waals surface area contributed by atoms with Crippen LogP contribution in [0.1, 0.15) is 12.5 Å². The Hall–Kier alpha value is -0.970. The molecule has 0 aromatic heterocycles. The van der Waals surface area contributed by atoms with Gasteiger partial charge in [-0.25, -0.2) is 4.39 Å². The fraction of sp³-hybridized carbons (Fsp3) is 0.200. The van der Waals surface area contributed by atoms with Gasteiger partial charge in [-0.1, -0.05) is 29.3 Å². The second-order valence-corrected chi connectivity index (χ2v) is 5.95. The van der Waals surface area contributed by atoms with Gasteiger partial charge in [-0.2, -0.15) is 0 Å². The molecule has 0 unspecified atom stereocenters. The Labute approximate surface area is 141 Å². The van der Waals surface area contributed by atoms with Gasteiger partial charge >= 0.3 is 0 Å². The van der Waals surface area contributed by atoms with Crippen molar-refractivity contribution < 1.29 is 9.13 Å². The maximum absolute atomic E-state index is 13.8. The van der Waals surface area contributed by atoms with E-state index in [9.17, 15) is 4.39 Å². The minimum atomic E-state index is -0.353. The first-order chi connectivity index (χ1) is 10.0. The Balaban J connectivity index is 2.27. The van der Waals surface area contributed by atoms with Crippen molar-refractivity contribution in [3.05, 3.63) is 56.2 Å². The van der Waals surface area contributed by atoms with E-state index in [4.69, 9.17) is 27.9 Å². The van der Waals surface area contributed by atoms with Crippen LogP contribution < -0.4 is 10.1 Å². The van der Waals surface area contributed by atoms with Crippen LogP contribution >= 0.6 is 39.1 Å². The molecule has 0 saturated heterocycles. The van der Waals surface area contributed by atoms with Gasteiger partial charge in [0, 0.05) is 22.2 Å². The molecule has 0 heterocycles. The molecule has 2 nitrogen and oxygen atoms in total. The third-order valence-electron chi connectivity index (χ3n) is 2.81. The van der Waals surface area contributed by atoms with E-state index in [1.165, 1.54) is 6.07 Å². The van der Waals surface area contributed by atoms with Gasteiger partial charge in [0.2, 0.25) is 0 Å². The number of hydrogen-bond acceptors (Lipinski definition) is 2. The van der Waals surface area contributed by atoms with Crippen molar-refractivity contribution in [3.63, 3.8) is 0 Å². The first kappa shape index (κ1) is 16.4. The number of benzene rings is 2. The molecule has 1 N–H and O–H groups in total. The largest absolute Gasteiger partial charge is 0.491 e. The molecule has 2 aromatic carbocycles. The second kappa shape index (κ2) is 7.34. The minimum absolute atomic E-state index is 0.234. The normalized spacial score (nSPS) is 10.5. The van der Waals surface area contributed by atoms with Crippen LogP contribution in [0.3, 0.4) is 0 Å². The van der Waals surface area contributed by atoms with Crippen molar-refractivity contribution in [3.8, 4) is 5.75 Å². The van der Waals surface area contributed by atoms with Crippen LogP contribution in [0.2, 0.25) is 10.0 Å². The summed E-state index contributed by atoms with van der Waals surface area (Å²) in [5, 5.41) is 4.04. The maximum Gasteiger partial charge on any atom is 0.156 e. The molecule has 2 aromatic rings. The molecule has 0 radical (unpaired) electrons. The van der Waals surface area contributed by atoms with Crippen molar-refractivity contribution in [2.24, 2.45) is 0 Å². The Morgan fingerprint density at radius 1 is 1.29 bits per heavy atom. The van der Waals surface area contributed by atoms with Crippen LogP contribution in [0.5, 0.6) is 5.75 Å². The molecule has 21 heavy (non-hydrogen) atoms. The van der Waals surface area contributed by atoms with Gasteiger partial charge in [0.1, 0.15) is 5.82 Å². The van der Waals surface area contributed by atoms with Crippen molar-refractivity contribution in [1.29, 1.82) is 0 Å².